The third-order valence-electron chi connectivity index (χ3n) is 3.01. The number of ether oxygens (including phenoxy) is 3. The molecule has 2 aromatic carbocycles. The Morgan fingerprint density at radius 1 is 0.913 bits per heavy atom. The van der Waals surface area contributed by atoms with Crippen molar-refractivity contribution >= 4 is 35.1 Å². The van der Waals surface area contributed by atoms with Gasteiger partial charge in [-0.2, -0.15) is 5.10 Å². The lowest BCUT2D eigenvalue weighted by Crippen LogP contribution is -1.95. The molecule has 7 heteroatoms. The van der Waals surface area contributed by atoms with Crippen LogP contribution in [0.1, 0.15) is 5.56 Å². The van der Waals surface area contributed by atoms with Crippen LogP contribution >= 0.6 is 23.2 Å². The molecule has 0 aliphatic carbocycles. The maximum Gasteiger partial charge on any atom is 0.179 e. The number of nitrogens with zero attached hydrogens (tertiary/aromatic N) is 1. The second-order valence-corrected chi connectivity index (χ2v) is 5.27. The van der Waals surface area contributed by atoms with Crippen molar-refractivity contribution in [1.29, 1.82) is 0 Å². The average molecular weight is 355 g/mol. The number of hydrazone groups is 1. The first-order valence-electron chi connectivity index (χ1n) is 6.63. The maximum absolute atomic E-state index is 6.15. The van der Waals surface area contributed by atoms with E-state index in [4.69, 9.17) is 37.4 Å². The van der Waals surface area contributed by atoms with Gasteiger partial charge in [-0.25, -0.2) is 0 Å². The molecule has 2 aromatic rings. The summed E-state index contributed by atoms with van der Waals surface area (Å²) in [6, 6.07) is 8.79. The van der Waals surface area contributed by atoms with Gasteiger partial charge < -0.3 is 14.2 Å². The summed E-state index contributed by atoms with van der Waals surface area (Å²) in [4.78, 5) is 0. The van der Waals surface area contributed by atoms with Crippen molar-refractivity contribution in [2.45, 2.75) is 0 Å². The van der Waals surface area contributed by atoms with Crippen LogP contribution in [0.3, 0.4) is 0 Å². The zero-order chi connectivity index (χ0) is 16.8. The molecule has 0 aromatic heterocycles. The number of hydrogen-bond donors (Lipinski definition) is 1. The highest BCUT2D eigenvalue weighted by Crippen LogP contribution is 2.35. The molecule has 0 saturated heterocycles. The van der Waals surface area contributed by atoms with Crippen LogP contribution in [0, 0.1) is 0 Å². The van der Waals surface area contributed by atoms with Gasteiger partial charge in [0.2, 0.25) is 0 Å². The average Bonchev–Trinajstić information content (AvgIpc) is 2.54. The van der Waals surface area contributed by atoms with E-state index in [2.05, 4.69) is 10.5 Å². The summed E-state index contributed by atoms with van der Waals surface area (Å²) in [5, 5.41) is 5.10. The number of halogens is 2. The van der Waals surface area contributed by atoms with Crippen LogP contribution in [0.2, 0.25) is 10.0 Å². The smallest absolute Gasteiger partial charge is 0.179 e. The first-order chi connectivity index (χ1) is 11.1. The Kier molecular flexibility index (Phi) is 5.96. The first-order valence-corrected chi connectivity index (χ1v) is 7.38. The Hall–Kier alpha value is -2.11. The molecular formula is C16H16Cl2N2O3. The van der Waals surface area contributed by atoms with Gasteiger partial charge in [0.25, 0.3) is 0 Å². The van der Waals surface area contributed by atoms with Crippen LogP contribution < -0.4 is 19.6 Å². The van der Waals surface area contributed by atoms with Gasteiger partial charge in [0, 0.05) is 0 Å². The minimum atomic E-state index is 0.445. The highest BCUT2D eigenvalue weighted by Gasteiger charge is 2.09. The van der Waals surface area contributed by atoms with Crippen molar-refractivity contribution in [2.75, 3.05) is 26.8 Å². The minimum Gasteiger partial charge on any atom is -0.495 e. The lowest BCUT2D eigenvalue weighted by Gasteiger charge is -2.10. The highest BCUT2D eigenvalue weighted by molar-refractivity contribution is 6.32. The van der Waals surface area contributed by atoms with E-state index in [1.54, 1.807) is 44.7 Å². The van der Waals surface area contributed by atoms with Gasteiger partial charge in [-0.15, -0.1) is 0 Å². The SMILES string of the molecule is COc1ccc(N/N=C/c2cc(Cl)c(OC)c(OC)c2)cc1Cl. The summed E-state index contributed by atoms with van der Waals surface area (Å²) in [7, 11) is 4.65. The van der Waals surface area contributed by atoms with E-state index in [-0.39, 0.29) is 0 Å². The van der Waals surface area contributed by atoms with Gasteiger partial charge in [0.15, 0.2) is 11.5 Å². The summed E-state index contributed by atoms with van der Waals surface area (Å²) in [6.07, 6.45) is 1.62. The summed E-state index contributed by atoms with van der Waals surface area (Å²) in [5.41, 5.74) is 4.38. The van der Waals surface area contributed by atoms with E-state index in [1.807, 2.05) is 6.07 Å². The Morgan fingerprint density at radius 2 is 1.65 bits per heavy atom. The van der Waals surface area contributed by atoms with Crippen molar-refractivity contribution in [3.05, 3.63) is 45.9 Å². The molecule has 0 bridgehead atoms. The predicted molar refractivity (Wildman–Crippen MR) is 93.8 cm³/mol. The molecule has 0 radical (unpaired) electrons. The lowest BCUT2D eigenvalue weighted by molar-refractivity contribution is 0.355. The minimum absolute atomic E-state index is 0.445. The summed E-state index contributed by atoms with van der Waals surface area (Å²) < 4.78 is 15.5. The maximum atomic E-state index is 6.15. The third kappa shape index (κ3) is 4.21. The van der Waals surface area contributed by atoms with Crippen LogP contribution in [0.4, 0.5) is 5.69 Å². The van der Waals surface area contributed by atoms with Gasteiger partial charge in [0.05, 0.1) is 43.3 Å². The van der Waals surface area contributed by atoms with Crippen LogP contribution in [0.15, 0.2) is 35.4 Å². The standard InChI is InChI=1S/C16H16Cl2N2O3/c1-21-14-5-4-11(8-12(14)17)20-19-9-10-6-13(18)16(23-3)15(7-10)22-2/h4-9,20H,1-3H3/b19-9+. The molecule has 122 valence electrons. The Labute approximate surface area is 144 Å². The second kappa shape index (κ2) is 7.94. The summed E-state index contributed by atoms with van der Waals surface area (Å²) in [5.74, 6) is 1.63. The molecule has 0 fully saturated rings. The molecular weight excluding hydrogens is 339 g/mol. The fourth-order valence-corrected chi connectivity index (χ4v) is 2.48. The lowest BCUT2D eigenvalue weighted by atomic mass is 10.2. The molecule has 23 heavy (non-hydrogen) atoms. The number of anilines is 1. The number of hydrogen-bond acceptors (Lipinski definition) is 5. The zero-order valence-corrected chi connectivity index (χ0v) is 14.4. The van der Waals surface area contributed by atoms with Gasteiger partial charge in [-0.3, -0.25) is 5.43 Å². The predicted octanol–water partition coefficient (Wildman–Crippen LogP) is 4.47. The monoisotopic (exact) mass is 354 g/mol. The molecule has 0 unspecified atom stereocenters. The van der Waals surface area contributed by atoms with E-state index >= 15 is 0 Å². The van der Waals surface area contributed by atoms with E-state index in [0.717, 1.165) is 11.3 Å². The normalized spacial score (nSPS) is 10.7. The molecule has 2 rings (SSSR count). The van der Waals surface area contributed by atoms with Gasteiger partial charge in [-0.05, 0) is 35.9 Å². The van der Waals surface area contributed by atoms with Crippen LogP contribution in [-0.4, -0.2) is 27.5 Å². The van der Waals surface area contributed by atoms with E-state index in [0.29, 0.717) is 27.3 Å². The van der Waals surface area contributed by atoms with Gasteiger partial charge in [-0.1, -0.05) is 23.2 Å². The summed E-state index contributed by atoms with van der Waals surface area (Å²) in [6.45, 7) is 0. The second-order valence-electron chi connectivity index (χ2n) is 4.46. The highest BCUT2D eigenvalue weighted by atomic mass is 35.5. The molecule has 0 aliphatic rings. The number of rotatable bonds is 6. The van der Waals surface area contributed by atoms with Crippen LogP contribution in [-0.2, 0) is 0 Å². The quantitative estimate of drug-likeness (QED) is 0.614. The molecule has 0 saturated carbocycles. The van der Waals surface area contributed by atoms with Gasteiger partial charge in [0.1, 0.15) is 5.75 Å². The Balaban J connectivity index is 2.14. The fourth-order valence-electron chi connectivity index (χ4n) is 1.93. The van der Waals surface area contributed by atoms with E-state index in [1.165, 1.54) is 7.11 Å². The molecule has 0 heterocycles. The third-order valence-corrected chi connectivity index (χ3v) is 3.59. The van der Waals surface area contributed by atoms with Crippen molar-refractivity contribution in [2.24, 2.45) is 5.10 Å². The Bertz CT molecular complexity index is 721. The topological polar surface area (TPSA) is 52.1 Å². The molecule has 1 N–H and O–H groups in total. The molecule has 5 nitrogen and oxygen atoms in total. The van der Waals surface area contributed by atoms with Crippen LogP contribution in [0.25, 0.3) is 0 Å². The molecule has 0 amide bonds. The zero-order valence-electron chi connectivity index (χ0n) is 12.9. The number of methoxy groups -OCH3 is 3. The van der Waals surface area contributed by atoms with Crippen molar-refractivity contribution in [3.63, 3.8) is 0 Å². The molecule has 0 aliphatic heterocycles. The number of nitrogens with one attached hydrogen (secondary N) is 1. The first kappa shape index (κ1) is 17.2. The molecule has 0 atom stereocenters. The molecule has 0 spiro atoms. The van der Waals surface area contributed by atoms with Crippen molar-refractivity contribution in [3.8, 4) is 17.2 Å². The van der Waals surface area contributed by atoms with Gasteiger partial charge >= 0.3 is 0 Å². The van der Waals surface area contributed by atoms with Crippen molar-refractivity contribution < 1.29 is 14.2 Å². The number of benzene rings is 2. The summed E-state index contributed by atoms with van der Waals surface area (Å²) >= 11 is 12.2. The van der Waals surface area contributed by atoms with E-state index in [9.17, 15) is 0 Å². The van der Waals surface area contributed by atoms with Crippen molar-refractivity contribution in [1.82, 2.24) is 0 Å². The fraction of sp³-hybridized carbons (Fsp3) is 0.188. The Morgan fingerprint density at radius 3 is 2.26 bits per heavy atom. The largest absolute Gasteiger partial charge is 0.495 e. The van der Waals surface area contributed by atoms with Crippen LogP contribution in [0.5, 0.6) is 17.2 Å². The van der Waals surface area contributed by atoms with E-state index < -0.39 is 0 Å².